The number of benzene rings is 1. The zero-order valence-corrected chi connectivity index (χ0v) is 13.9. The molecule has 2 rings (SSSR count). The maximum Gasteiger partial charge on any atom is 0.308 e. The van der Waals surface area contributed by atoms with Crippen molar-refractivity contribution in [2.24, 2.45) is 0 Å². The summed E-state index contributed by atoms with van der Waals surface area (Å²) in [5.41, 5.74) is 2.46. The van der Waals surface area contributed by atoms with Crippen LogP contribution < -0.4 is 4.74 Å². The molecule has 0 fully saturated rings. The van der Waals surface area contributed by atoms with Crippen LogP contribution in [0, 0.1) is 0 Å². The van der Waals surface area contributed by atoms with E-state index in [0.717, 1.165) is 17.7 Å². The summed E-state index contributed by atoms with van der Waals surface area (Å²) in [6.07, 6.45) is 5.42. The van der Waals surface area contributed by atoms with Crippen molar-refractivity contribution in [1.82, 2.24) is 0 Å². The van der Waals surface area contributed by atoms with Crippen molar-refractivity contribution in [3.63, 3.8) is 0 Å². The Kier molecular flexibility index (Phi) is 5.61. The third kappa shape index (κ3) is 3.89. The van der Waals surface area contributed by atoms with Crippen LogP contribution in [0.4, 0.5) is 0 Å². The lowest BCUT2D eigenvalue weighted by atomic mass is 9.87. The summed E-state index contributed by atoms with van der Waals surface area (Å²) in [6.45, 7) is 5.66. The normalized spacial score (nSPS) is 17.5. The van der Waals surface area contributed by atoms with E-state index in [9.17, 15) is 9.59 Å². The fraction of sp³-hybridized carbons (Fsp3) is 0.333. The summed E-state index contributed by atoms with van der Waals surface area (Å²) in [6, 6.07) is 7.63. The van der Waals surface area contributed by atoms with Crippen LogP contribution in [0.25, 0.3) is 0 Å². The number of allylic oxidation sites excluding steroid dienone is 2. The van der Waals surface area contributed by atoms with Crippen molar-refractivity contribution in [3.8, 4) is 5.75 Å². The van der Waals surface area contributed by atoms with Crippen LogP contribution in [0.1, 0.15) is 45.1 Å². The van der Waals surface area contributed by atoms with Crippen LogP contribution in [0.5, 0.6) is 5.75 Å². The molecule has 0 saturated heterocycles. The van der Waals surface area contributed by atoms with Crippen molar-refractivity contribution in [2.45, 2.75) is 39.5 Å². The average Bonchev–Trinajstić information content (AvgIpc) is 2.91. The Morgan fingerprint density at radius 2 is 1.86 bits per heavy atom. The average molecular weight is 316 g/mol. The van der Waals surface area contributed by atoms with Gasteiger partial charge in [0.25, 0.3) is 0 Å². The minimum Gasteiger partial charge on any atom is -0.427 e. The van der Waals surface area contributed by atoms with E-state index >= 15 is 0 Å². The van der Waals surface area contributed by atoms with E-state index in [4.69, 9.17) is 4.74 Å². The van der Waals surface area contributed by atoms with Gasteiger partial charge in [0.2, 0.25) is 5.12 Å². The Hall–Kier alpha value is -1.81. The van der Waals surface area contributed by atoms with Gasteiger partial charge in [-0.05, 0) is 60.0 Å². The smallest absolute Gasteiger partial charge is 0.308 e. The summed E-state index contributed by atoms with van der Waals surface area (Å²) >= 11 is 1.31. The van der Waals surface area contributed by atoms with E-state index in [1.54, 1.807) is 6.08 Å². The quantitative estimate of drug-likeness (QED) is 0.588. The Morgan fingerprint density at radius 3 is 2.32 bits per heavy atom. The molecule has 22 heavy (non-hydrogen) atoms. The molecule has 1 atom stereocenters. The molecule has 1 aliphatic heterocycles. The van der Waals surface area contributed by atoms with Gasteiger partial charge in [-0.25, -0.2) is 0 Å². The number of thioether (sulfide) groups is 1. The first-order chi connectivity index (χ1) is 10.5. The lowest BCUT2D eigenvalue weighted by Crippen LogP contribution is -2.04. The van der Waals surface area contributed by atoms with Crippen LogP contribution in [0.3, 0.4) is 0 Å². The standard InChI is InChI=1S/C18H20O3S/c1-4-15(16(5-2)17-10-11-18(20)22-17)13-6-8-14(9-7-13)21-12(3)19/h6-11,15H,4-5H2,1-3H3. The van der Waals surface area contributed by atoms with E-state index in [1.165, 1.54) is 29.8 Å². The third-order valence-electron chi connectivity index (χ3n) is 3.65. The molecule has 116 valence electrons. The van der Waals surface area contributed by atoms with Gasteiger partial charge >= 0.3 is 5.97 Å². The number of rotatable bonds is 5. The number of hydrogen-bond acceptors (Lipinski definition) is 4. The number of ether oxygens (including phenoxy) is 1. The summed E-state index contributed by atoms with van der Waals surface area (Å²) in [5, 5.41) is 0.0982. The summed E-state index contributed by atoms with van der Waals surface area (Å²) in [7, 11) is 0. The molecule has 4 heteroatoms. The Bertz CT molecular complexity index is 626. The molecule has 0 saturated carbocycles. The molecule has 0 radical (unpaired) electrons. The minimum absolute atomic E-state index is 0.0982. The lowest BCUT2D eigenvalue weighted by Gasteiger charge is -2.20. The number of carbonyl (C=O) groups is 2. The highest BCUT2D eigenvalue weighted by atomic mass is 32.2. The van der Waals surface area contributed by atoms with Gasteiger partial charge in [0.15, 0.2) is 0 Å². The number of carbonyl (C=O) groups excluding carboxylic acids is 2. The Labute approximate surface area is 135 Å². The van der Waals surface area contributed by atoms with Crippen molar-refractivity contribution in [1.29, 1.82) is 0 Å². The van der Waals surface area contributed by atoms with Gasteiger partial charge in [-0.15, -0.1) is 0 Å². The van der Waals surface area contributed by atoms with Gasteiger partial charge in [-0.3, -0.25) is 9.59 Å². The van der Waals surface area contributed by atoms with Crippen LogP contribution in [-0.4, -0.2) is 11.1 Å². The highest BCUT2D eigenvalue weighted by Gasteiger charge is 2.21. The molecule has 1 aromatic carbocycles. The van der Waals surface area contributed by atoms with Gasteiger partial charge in [0, 0.05) is 17.7 Å². The molecule has 0 spiro atoms. The van der Waals surface area contributed by atoms with Gasteiger partial charge in [0.1, 0.15) is 5.75 Å². The monoisotopic (exact) mass is 316 g/mol. The second-order valence-electron chi connectivity index (χ2n) is 5.12. The lowest BCUT2D eigenvalue weighted by molar-refractivity contribution is -0.131. The van der Waals surface area contributed by atoms with E-state index in [0.29, 0.717) is 5.75 Å². The van der Waals surface area contributed by atoms with Crippen LogP contribution in [-0.2, 0) is 9.59 Å². The fourth-order valence-electron chi connectivity index (χ4n) is 2.70. The van der Waals surface area contributed by atoms with Crippen molar-refractivity contribution < 1.29 is 14.3 Å². The molecule has 0 aromatic heterocycles. The van der Waals surface area contributed by atoms with Crippen LogP contribution in [0.15, 0.2) is 46.9 Å². The van der Waals surface area contributed by atoms with Crippen molar-refractivity contribution in [2.75, 3.05) is 0 Å². The maximum atomic E-state index is 11.5. The third-order valence-corrected chi connectivity index (χ3v) is 4.61. The molecule has 0 N–H and O–H groups in total. The van der Waals surface area contributed by atoms with Crippen molar-refractivity contribution >= 4 is 22.8 Å². The number of esters is 1. The predicted molar refractivity (Wildman–Crippen MR) is 89.8 cm³/mol. The first kappa shape index (κ1) is 16.6. The first-order valence-electron chi connectivity index (χ1n) is 7.46. The molecular weight excluding hydrogens is 296 g/mol. The van der Waals surface area contributed by atoms with Gasteiger partial charge < -0.3 is 4.74 Å². The van der Waals surface area contributed by atoms with Crippen molar-refractivity contribution in [3.05, 3.63) is 52.5 Å². The zero-order valence-electron chi connectivity index (χ0n) is 13.1. The highest BCUT2D eigenvalue weighted by molar-refractivity contribution is 8.17. The molecule has 1 aromatic rings. The topological polar surface area (TPSA) is 43.4 Å². The largest absolute Gasteiger partial charge is 0.427 e. The van der Waals surface area contributed by atoms with E-state index in [-0.39, 0.29) is 17.0 Å². The van der Waals surface area contributed by atoms with Crippen LogP contribution >= 0.6 is 11.8 Å². The molecule has 0 amide bonds. The van der Waals surface area contributed by atoms with E-state index < -0.39 is 0 Å². The molecule has 1 aliphatic rings. The van der Waals surface area contributed by atoms with Crippen LogP contribution in [0.2, 0.25) is 0 Å². The SMILES string of the molecule is CCC(=C1C=CC(=O)S1)C(CC)c1ccc(OC(C)=O)cc1. The first-order valence-corrected chi connectivity index (χ1v) is 8.28. The molecule has 0 aliphatic carbocycles. The summed E-state index contributed by atoms with van der Waals surface area (Å²) in [4.78, 5) is 23.5. The van der Waals surface area contributed by atoms with Gasteiger partial charge in [-0.1, -0.05) is 26.0 Å². The minimum atomic E-state index is -0.317. The summed E-state index contributed by atoms with van der Waals surface area (Å²) in [5.74, 6) is 0.513. The molecular formula is C18H20O3S. The Morgan fingerprint density at radius 1 is 1.18 bits per heavy atom. The summed E-state index contributed by atoms with van der Waals surface area (Å²) < 4.78 is 5.07. The fourth-order valence-corrected chi connectivity index (χ4v) is 3.61. The van der Waals surface area contributed by atoms with E-state index in [1.807, 2.05) is 30.3 Å². The zero-order chi connectivity index (χ0) is 16.1. The second-order valence-corrected chi connectivity index (χ2v) is 6.17. The predicted octanol–water partition coefficient (Wildman–Crippen LogP) is 4.60. The molecule has 1 heterocycles. The maximum absolute atomic E-state index is 11.5. The number of hydrogen-bond donors (Lipinski definition) is 0. The second kappa shape index (κ2) is 7.45. The van der Waals surface area contributed by atoms with Gasteiger partial charge in [0.05, 0.1) is 0 Å². The Balaban J connectivity index is 2.29. The highest BCUT2D eigenvalue weighted by Crippen LogP contribution is 2.39. The molecule has 1 unspecified atom stereocenters. The molecule has 3 nitrogen and oxygen atoms in total. The van der Waals surface area contributed by atoms with Gasteiger partial charge in [-0.2, -0.15) is 0 Å². The molecule has 0 bridgehead atoms. The van der Waals surface area contributed by atoms with E-state index in [2.05, 4.69) is 13.8 Å².